The fraction of sp³-hybridized carbons (Fsp3) is 0.879. The Morgan fingerprint density at radius 1 is 0.394 bits per heavy atom. The number of phosphoric acid groups is 1. The molecule has 0 amide bonds. The zero-order valence-electron chi connectivity index (χ0n) is 46.2. The summed E-state index contributed by atoms with van der Waals surface area (Å²) in [7, 11) is -4.72. The van der Waals surface area contributed by atoms with Crippen molar-refractivity contribution in [2.45, 2.75) is 303 Å². The molecule has 0 aromatic carbocycles. The monoisotopic (exact) mass is 1030 g/mol. The van der Waals surface area contributed by atoms with E-state index in [4.69, 9.17) is 23.3 Å². The number of carbonyl (C=O) groups is 3. The number of allylic oxidation sites excluding steroid dienone is 4. The minimum Gasteiger partial charge on any atom is -0.463 e. The standard InChI is InChI=1S/C58H109O11P.H3N/c1-4-7-10-13-16-19-22-25-27-30-33-36-39-42-45-48-57(61)66-52-55(69-58(62)49-46-43-40-37-34-31-28-26-23-20-17-14-11-8-5-2)53-68-70(63,64)67-51-54(59)50-65-56(60)47-44-41-38-35-32-29-24-21-18-15-12-9-6-3;/h25-28,54-55,59H,4-24,29-53H2,1-3H3,(H,63,64);1H3/b27-25-,28-26-;/t54-,55-;/m1./s1. The van der Waals surface area contributed by atoms with E-state index in [0.29, 0.717) is 19.3 Å². The van der Waals surface area contributed by atoms with Gasteiger partial charge in [0.15, 0.2) is 6.10 Å². The van der Waals surface area contributed by atoms with Crippen molar-refractivity contribution in [3.8, 4) is 0 Å². The lowest BCUT2D eigenvalue weighted by Gasteiger charge is -2.20. The highest BCUT2D eigenvalue weighted by atomic mass is 31.2. The first kappa shape index (κ1) is 71.0. The van der Waals surface area contributed by atoms with Crippen molar-refractivity contribution in [2.75, 3.05) is 26.4 Å². The van der Waals surface area contributed by atoms with Crippen LogP contribution in [0, 0.1) is 0 Å². The first-order valence-corrected chi connectivity index (χ1v) is 30.7. The fourth-order valence-corrected chi connectivity index (χ4v) is 9.08. The second-order valence-electron chi connectivity index (χ2n) is 19.9. The van der Waals surface area contributed by atoms with Crippen molar-refractivity contribution in [1.82, 2.24) is 6.15 Å². The molecule has 12 nitrogen and oxygen atoms in total. The lowest BCUT2D eigenvalue weighted by atomic mass is 10.0. The van der Waals surface area contributed by atoms with Gasteiger partial charge in [-0.05, 0) is 70.6 Å². The van der Waals surface area contributed by atoms with E-state index in [-0.39, 0.29) is 38.6 Å². The first-order valence-electron chi connectivity index (χ1n) is 29.2. The molecular weight excluding hydrogens is 918 g/mol. The molecule has 3 atom stereocenters. The maximum Gasteiger partial charge on any atom is 0.472 e. The number of esters is 3. The first-order chi connectivity index (χ1) is 34.1. The quantitative estimate of drug-likeness (QED) is 0.0172. The largest absolute Gasteiger partial charge is 0.472 e. The van der Waals surface area contributed by atoms with E-state index in [1.807, 2.05) is 0 Å². The molecule has 0 spiro atoms. The predicted molar refractivity (Wildman–Crippen MR) is 294 cm³/mol. The molecule has 5 N–H and O–H groups in total. The topological polar surface area (TPSA) is 190 Å². The van der Waals surface area contributed by atoms with Crippen LogP contribution < -0.4 is 6.15 Å². The summed E-state index contributed by atoms with van der Waals surface area (Å²) in [6.07, 6.45) is 52.8. The Hall–Kier alpha value is -2.08. The lowest BCUT2D eigenvalue weighted by molar-refractivity contribution is -0.161. The van der Waals surface area contributed by atoms with Gasteiger partial charge in [0, 0.05) is 19.3 Å². The van der Waals surface area contributed by atoms with E-state index in [1.54, 1.807) is 0 Å². The third-order valence-corrected chi connectivity index (χ3v) is 13.7. The SMILES string of the molecule is CCCCCCCC/C=C\CCCCCCCC(=O)OC[C@H](COP(=O)(O)OC[C@H](O)COC(=O)CCCCCCCCCCCCCCC)OC(=O)CCCCCCC/C=C\CCCCCCCC.N. The van der Waals surface area contributed by atoms with Gasteiger partial charge in [0.05, 0.1) is 13.2 Å². The smallest absolute Gasteiger partial charge is 0.463 e. The van der Waals surface area contributed by atoms with E-state index < -0.39 is 51.2 Å². The molecule has 0 aromatic heterocycles. The van der Waals surface area contributed by atoms with Crippen molar-refractivity contribution in [3.63, 3.8) is 0 Å². The molecule has 0 bridgehead atoms. The number of rotatable bonds is 55. The van der Waals surface area contributed by atoms with Gasteiger partial charge in [0.25, 0.3) is 0 Å². The van der Waals surface area contributed by atoms with Crippen LogP contribution in [0.4, 0.5) is 0 Å². The average Bonchev–Trinajstić information content (AvgIpc) is 3.34. The van der Waals surface area contributed by atoms with Crippen molar-refractivity contribution in [1.29, 1.82) is 0 Å². The number of unbranched alkanes of at least 4 members (excludes halogenated alkanes) is 34. The predicted octanol–water partition coefficient (Wildman–Crippen LogP) is 17.2. The van der Waals surface area contributed by atoms with Gasteiger partial charge in [-0.15, -0.1) is 0 Å². The molecule has 0 aromatic rings. The van der Waals surface area contributed by atoms with E-state index in [0.717, 1.165) is 96.3 Å². The maximum atomic E-state index is 12.8. The fourth-order valence-electron chi connectivity index (χ4n) is 8.29. The molecule has 0 fully saturated rings. The molecule has 0 heterocycles. The molecule has 0 aliphatic carbocycles. The van der Waals surface area contributed by atoms with E-state index in [2.05, 4.69) is 45.1 Å². The Morgan fingerprint density at radius 3 is 1.03 bits per heavy atom. The van der Waals surface area contributed by atoms with Gasteiger partial charge in [0.1, 0.15) is 19.3 Å². The van der Waals surface area contributed by atoms with Crippen LogP contribution in [0.5, 0.6) is 0 Å². The van der Waals surface area contributed by atoms with Gasteiger partial charge < -0.3 is 30.4 Å². The Bertz CT molecular complexity index is 1280. The van der Waals surface area contributed by atoms with Crippen molar-refractivity contribution < 1.29 is 52.2 Å². The summed E-state index contributed by atoms with van der Waals surface area (Å²) in [4.78, 5) is 48.1. The number of carbonyl (C=O) groups excluding carboxylic acids is 3. The van der Waals surface area contributed by atoms with Gasteiger partial charge in [-0.2, -0.15) is 0 Å². The summed E-state index contributed by atoms with van der Waals surface area (Å²) < 4.78 is 39.1. The van der Waals surface area contributed by atoms with Crippen LogP contribution in [0.1, 0.15) is 290 Å². The highest BCUT2D eigenvalue weighted by Crippen LogP contribution is 2.43. The van der Waals surface area contributed by atoms with Crippen molar-refractivity contribution in [3.05, 3.63) is 24.3 Å². The molecule has 0 aliphatic rings. The Balaban J connectivity index is 0. The molecule has 420 valence electrons. The van der Waals surface area contributed by atoms with Gasteiger partial charge >= 0.3 is 25.7 Å². The molecule has 13 heteroatoms. The molecule has 1 unspecified atom stereocenters. The summed E-state index contributed by atoms with van der Waals surface area (Å²) >= 11 is 0. The summed E-state index contributed by atoms with van der Waals surface area (Å²) in [5, 5.41) is 10.3. The molecule has 0 aliphatic heterocycles. The lowest BCUT2D eigenvalue weighted by Crippen LogP contribution is -2.30. The van der Waals surface area contributed by atoms with Gasteiger partial charge in [-0.3, -0.25) is 23.4 Å². The molecule has 0 saturated carbocycles. The summed E-state index contributed by atoms with van der Waals surface area (Å²) in [5.41, 5.74) is 0. The third-order valence-electron chi connectivity index (χ3n) is 12.8. The zero-order chi connectivity index (χ0) is 51.3. The molecular formula is C58H112NO11P. The second kappa shape index (κ2) is 55.7. The summed E-state index contributed by atoms with van der Waals surface area (Å²) in [5.74, 6) is -1.39. The number of phosphoric ester groups is 1. The van der Waals surface area contributed by atoms with Crippen LogP contribution in [0.25, 0.3) is 0 Å². The summed E-state index contributed by atoms with van der Waals surface area (Å²) in [6, 6.07) is 0. The number of aliphatic hydroxyl groups excluding tert-OH is 1. The Morgan fingerprint density at radius 2 is 0.676 bits per heavy atom. The molecule has 0 rings (SSSR count). The maximum absolute atomic E-state index is 12.8. The average molecular weight is 1030 g/mol. The number of aliphatic hydroxyl groups is 1. The minimum atomic E-state index is -4.72. The third kappa shape index (κ3) is 55.5. The molecule has 0 saturated heterocycles. The van der Waals surface area contributed by atoms with E-state index >= 15 is 0 Å². The van der Waals surface area contributed by atoms with Crippen molar-refractivity contribution >= 4 is 25.7 Å². The second-order valence-corrected chi connectivity index (χ2v) is 21.3. The van der Waals surface area contributed by atoms with Crippen LogP contribution in [0.2, 0.25) is 0 Å². The highest BCUT2D eigenvalue weighted by molar-refractivity contribution is 7.47. The zero-order valence-corrected chi connectivity index (χ0v) is 47.1. The van der Waals surface area contributed by atoms with Crippen LogP contribution in [0.3, 0.4) is 0 Å². The minimum absolute atomic E-state index is 0. The number of hydrogen-bond donors (Lipinski definition) is 3. The van der Waals surface area contributed by atoms with Crippen molar-refractivity contribution in [2.24, 2.45) is 0 Å². The van der Waals surface area contributed by atoms with Gasteiger partial charge in [-0.25, -0.2) is 4.57 Å². The van der Waals surface area contributed by atoms with Gasteiger partial charge in [-0.1, -0.05) is 225 Å². The van der Waals surface area contributed by atoms with E-state index in [9.17, 15) is 28.9 Å². The van der Waals surface area contributed by atoms with Crippen LogP contribution in [0.15, 0.2) is 24.3 Å². The number of hydrogen-bond acceptors (Lipinski definition) is 11. The van der Waals surface area contributed by atoms with Crippen LogP contribution >= 0.6 is 7.82 Å². The molecule has 71 heavy (non-hydrogen) atoms. The normalized spacial score (nSPS) is 13.3. The molecule has 0 radical (unpaired) electrons. The van der Waals surface area contributed by atoms with E-state index in [1.165, 1.54) is 135 Å². The Labute approximate surface area is 435 Å². The Kier molecular flexibility index (Phi) is 55.7. The summed E-state index contributed by atoms with van der Waals surface area (Å²) in [6.45, 7) is 4.83. The number of ether oxygens (including phenoxy) is 3. The van der Waals surface area contributed by atoms with Crippen LogP contribution in [-0.4, -0.2) is 66.5 Å². The highest BCUT2D eigenvalue weighted by Gasteiger charge is 2.27. The van der Waals surface area contributed by atoms with Gasteiger partial charge in [0.2, 0.25) is 0 Å². The van der Waals surface area contributed by atoms with Crippen LogP contribution in [-0.2, 0) is 42.2 Å².